The van der Waals surface area contributed by atoms with Crippen molar-refractivity contribution < 1.29 is 22.7 Å². The zero-order valence-corrected chi connectivity index (χ0v) is 15.8. The minimum atomic E-state index is -4.93. The van der Waals surface area contributed by atoms with Gasteiger partial charge in [0.25, 0.3) is 0 Å². The second-order valence-electron chi connectivity index (χ2n) is 7.11. The van der Waals surface area contributed by atoms with Crippen LogP contribution in [0.1, 0.15) is 30.0 Å². The smallest absolute Gasteiger partial charge is 0.455 e. The van der Waals surface area contributed by atoms with E-state index < -0.39 is 24.2 Å². The van der Waals surface area contributed by atoms with Gasteiger partial charge in [0.15, 0.2) is 5.75 Å². The number of anilines is 1. The molecule has 1 fully saturated rings. The van der Waals surface area contributed by atoms with Crippen LogP contribution in [0, 0.1) is 6.92 Å². The Labute approximate surface area is 165 Å². The minimum Gasteiger partial charge on any atom is -0.455 e. The lowest BCUT2D eigenvalue weighted by atomic mass is 9.89. The molecule has 0 radical (unpaired) electrons. The molecule has 2 aliphatic rings. The molecule has 0 aromatic heterocycles. The van der Waals surface area contributed by atoms with Crippen LogP contribution in [0.3, 0.4) is 0 Å². The standard InChI is InChI=1S/C20H18ClF3N2O2/c1-11-4-6-13-17(9-11)28-16-7-5-12(21)10-15(16)26-8-2-3-14(18(13)26)25-19(27)20(22,23)24/h4-7,9-10,14,18H,2-3,8H2,1H3,(H,25,27)/t14-,18-/m1/s1. The largest absolute Gasteiger partial charge is 0.471 e. The highest BCUT2D eigenvalue weighted by Gasteiger charge is 2.44. The maximum absolute atomic E-state index is 12.9. The topological polar surface area (TPSA) is 41.6 Å². The average Bonchev–Trinajstić information content (AvgIpc) is 2.75. The summed E-state index contributed by atoms with van der Waals surface area (Å²) in [5.74, 6) is -0.768. The van der Waals surface area contributed by atoms with Crippen LogP contribution in [0.15, 0.2) is 36.4 Å². The highest BCUT2D eigenvalue weighted by atomic mass is 35.5. The molecule has 2 aromatic rings. The van der Waals surface area contributed by atoms with Gasteiger partial charge >= 0.3 is 12.1 Å². The molecule has 2 atom stereocenters. The number of ether oxygens (including phenoxy) is 1. The van der Waals surface area contributed by atoms with Crippen LogP contribution in [0.2, 0.25) is 5.02 Å². The van der Waals surface area contributed by atoms with Crippen molar-refractivity contribution in [1.82, 2.24) is 5.32 Å². The number of piperidine rings is 1. The number of rotatable bonds is 1. The summed E-state index contributed by atoms with van der Waals surface area (Å²) < 4.78 is 44.8. The number of alkyl halides is 3. The van der Waals surface area contributed by atoms with Crippen molar-refractivity contribution in [2.24, 2.45) is 0 Å². The molecule has 1 amide bonds. The van der Waals surface area contributed by atoms with Crippen LogP contribution >= 0.6 is 11.6 Å². The van der Waals surface area contributed by atoms with Crippen LogP contribution in [0.5, 0.6) is 11.5 Å². The maximum atomic E-state index is 12.9. The molecular weight excluding hydrogens is 393 g/mol. The fourth-order valence-electron chi connectivity index (χ4n) is 3.95. The Balaban J connectivity index is 1.83. The van der Waals surface area contributed by atoms with E-state index in [1.54, 1.807) is 18.2 Å². The van der Waals surface area contributed by atoms with Gasteiger partial charge < -0.3 is 15.0 Å². The van der Waals surface area contributed by atoms with Crippen LogP contribution < -0.4 is 15.0 Å². The van der Waals surface area contributed by atoms with E-state index in [1.165, 1.54) is 0 Å². The molecular formula is C20H18ClF3N2O2. The third-order valence-electron chi connectivity index (χ3n) is 5.14. The van der Waals surface area contributed by atoms with Crippen molar-refractivity contribution in [3.05, 3.63) is 52.5 Å². The third kappa shape index (κ3) is 3.39. The Morgan fingerprint density at radius 3 is 2.75 bits per heavy atom. The second-order valence-corrected chi connectivity index (χ2v) is 7.55. The van der Waals surface area contributed by atoms with E-state index in [2.05, 4.69) is 5.32 Å². The number of hydrogen-bond acceptors (Lipinski definition) is 3. The number of hydrogen-bond donors (Lipinski definition) is 1. The summed E-state index contributed by atoms with van der Waals surface area (Å²) in [5, 5.41) is 2.70. The van der Waals surface area contributed by atoms with Crippen LogP contribution in [0.25, 0.3) is 0 Å². The lowest BCUT2D eigenvalue weighted by Crippen LogP contribution is -2.52. The van der Waals surface area contributed by atoms with E-state index >= 15 is 0 Å². The first-order valence-corrected chi connectivity index (χ1v) is 9.34. The maximum Gasteiger partial charge on any atom is 0.471 e. The van der Waals surface area contributed by atoms with Gasteiger partial charge in [0.1, 0.15) is 5.75 Å². The highest BCUT2D eigenvalue weighted by Crippen LogP contribution is 2.48. The highest BCUT2D eigenvalue weighted by molar-refractivity contribution is 6.31. The van der Waals surface area contributed by atoms with E-state index in [0.717, 1.165) is 11.1 Å². The predicted molar refractivity (Wildman–Crippen MR) is 100 cm³/mol. The first-order valence-electron chi connectivity index (χ1n) is 8.96. The van der Waals surface area contributed by atoms with Crippen molar-refractivity contribution >= 4 is 23.2 Å². The molecule has 1 N–H and O–H groups in total. The predicted octanol–water partition coefficient (Wildman–Crippen LogP) is 5.14. The molecule has 148 valence electrons. The number of nitrogens with one attached hydrogen (secondary N) is 1. The van der Waals surface area contributed by atoms with E-state index in [1.807, 2.05) is 30.0 Å². The molecule has 2 heterocycles. The van der Waals surface area contributed by atoms with Crippen LogP contribution in [0.4, 0.5) is 18.9 Å². The number of carbonyl (C=O) groups excluding carboxylic acids is 1. The fraction of sp³-hybridized carbons (Fsp3) is 0.350. The van der Waals surface area contributed by atoms with Crippen LogP contribution in [-0.2, 0) is 4.79 Å². The molecule has 8 heteroatoms. The van der Waals surface area contributed by atoms with Gasteiger partial charge in [-0.1, -0.05) is 23.7 Å². The summed E-state index contributed by atoms with van der Waals surface area (Å²) in [5.41, 5.74) is 2.41. The zero-order chi connectivity index (χ0) is 20.1. The fourth-order valence-corrected chi connectivity index (χ4v) is 4.11. The molecule has 0 unspecified atom stereocenters. The van der Waals surface area contributed by atoms with E-state index in [4.69, 9.17) is 16.3 Å². The van der Waals surface area contributed by atoms with E-state index in [0.29, 0.717) is 41.6 Å². The number of nitrogens with zero attached hydrogens (tertiary/aromatic N) is 1. The molecule has 0 bridgehead atoms. The molecule has 0 spiro atoms. The molecule has 28 heavy (non-hydrogen) atoms. The number of benzene rings is 2. The first-order chi connectivity index (χ1) is 13.2. The third-order valence-corrected chi connectivity index (χ3v) is 5.38. The lowest BCUT2D eigenvalue weighted by Gasteiger charge is -2.42. The SMILES string of the molecule is Cc1ccc2c(c1)Oc1ccc(Cl)cc1N1CCC[C@@H](NC(=O)C(F)(F)F)[C@@H]21. The molecule has 0 saturated carbocycles. The van der Waals surface area contributed by atoms with Gasteiger partial charge in [-0.3, -0.25) is 4.79 Å². The van der Waals surface area contributed by atoms with Crippen molar-refractivity contribution in [2.45, 2.75) is 38.0 Å². The van der Waals surface area contributed by atoms with Gasteiger partial charge in [-0.25, -0.2) is 0 Å². The van der Waals surface area contributed by atoms with Crippen LogP contribution in [-0.4, -0.2) is 24.7 Å². The summed E-state index contributed by atoms with van der Waals surface area (Å²) in [6, 6.07) is 9.61. The van der Waals surface area contributed by atoms with E-state index in [-0.39, 0.29) is 0 Å². The van der Waals surface area contributed by atoms with Crippen molar-refractivity contribution in [1.29, 1.82) is 0 Å². The molecule has 4 nitrogen and oxygen atoms in total. The minimum absolute atomic E-state index is 0.437. The molecule has 1 saturated heterocycles. The Hall–Kier alpha value is -2.41. The van der Waals surface area contributed by atoms with Gasteiger partial charge in [-0.2, -0.15) is 13.2 Å². The van der Waals surface area contributed by atoms with Gasteiger partial charge in [0.05, 0.1) is 17.8 Å². The van der Waals surface area contributed by atoms with E-state index in [9.17, 15) is 18.0 Å². The Morgan fingerprint density at radius 1 is 1.21 bits per heavy atom. The molecule has 0 aliphatic carbocycles. The molecule has 2 aliphatic heterocycles. The van der Waals surface area contributed by atoms with Gasteiger partial charge in [-0.05, 0) is 49.6 Å². The molecule has 2 aromatic carbocycles. The summed E-state index contributed by atoms with van der Waals surface area (Å²) in [6.07, 6.45) is -3.86. The summed E-state index contributed by atoms with van der Waals surface area (Å²) in [7, 11) is 0. The Bertz CT molecular complexity index is 932. The van der Waals surface area contributed by atoms with Gasteiger partial charge in [0, 0.05) is 17.1 Å². The second kappa shape index (κ2) is 6.88. The average molecular weight is 411 g/mol. The van der Waals surface area contributed by atoms with Crippen molar-refractivity contribution in [2.75, 3.05) is 11.4 Å². The number of fused-ring (bicyclic) bond motifs is 5. The van der Waals surface area contributed by atoms with Gasteiger partial charge in [0.2, 0.25) is 0 Å². The monoisotopic (exact) mass is 410 g/mol. The Morgan fingerprint density at radius 2 is 2.00 bits per heavy atom. The number of carbonyl (C=O) groups is 1. The summed E-state index contributed by atoms with van der Waals surface area (Å²) in [6.45, 7) is 2.53. The quantitative estimate of drug-likeness (QED) is 0.707. The zero-order valence-electron chi connectivity index (χ0n) is 15.0. The molecule has 4 rings (SSSR count). The normalized spacial score (nSPS) is 21.0. The van der Waals surface area contributed by atoms with Crippen molar-refractivity contribution in [3.8, 4) is 11.5 Å². The number of aryl methyl sites for hydroxylation is 1. The first kappa shape index (κ1) is 18.9. The Kier molecular flexibility index (Phi) is 4.65. The summed E-state index contributed by atoms with van der Waals surface area (Å²) >= 11 is 6.18. The van der Waals surface area contributed by atoms with Gasteiger partial charge in [-0.15, -0.1) is 0 Å². The summed E-state index contributed by atoms with van der Waals surface area (Å²) in [4.78, 5) is 13.6. The van der Waals surface area contributed by atoms with Crippen molar-refractivity contribution in [3.63, 3.8) is 0 Å². The number of amides is 1. The number of halogens is 4. The lowest BCUT2D eigenvalue weighted by molar-refractivity contribution is -0.174.